The third kappa shape index (κ3) is 4.72. The zero-order valence-corrected chi connectivity index (χ0v) is 14.6. The van der Waals surface area contributed by atoms with Gasteiger partial charge in [-0.1, -0.05) is 20.4 Å². The largest absolute Gasteiger partial charge is 0.375 e. The second-order valence-corrected chi connectivity index (χ2v) is 7.51. The Bertz CT molecular complexity index is 321. The molecule has 0 radical (unpaired) electrons. The van der Waals surface area contributed by atoms with E-state index in [2.05, 4.69) is 49.0 Å². The van der Waals surface area contributed by atoms with Crippen molar-refractivity contribution in [2.24, 2.45) is 11.8 Å². The molecular formula is C18H35N3. The summed E-state index contributed by atoms with van der Waals surface area (Å²) in [6.07, 6.45) is 2.69. The monoisotopic (exact) mass is 293 g/mol. The highest BCUT2D eigenvalue weighted by atomic mass is 15.3. The normalized spacial score (nSPS) is 23.2. The fourth-order valence-electron chi connectivity index (χ4n) is 3.60. The SMILES string of the molecule is C=C(C(C)C)N1CCC(CN2CCN(C(C)C)CC2)CC1. The number of nitrogens with zero attached hydrogens (tertiary/aromatic N) is 3. The number of piperazine rings is 1. The van der Waals surface area contributed by atoms with Crippen molar-refractivity contribution >= 4 is 0 Å². The number of likely N-dealkylation sites (tertiary alicyclic amines) is 1. The smallest absolute Gasteiger partial charge is 0.0178 e. The van der Waals surface area contributed by atoms with Gasteiger partial charge in [0.1, 0.15) is 0 Å². The zero-order chi connectivity index (χ0) is 15.4. The lowest BCUT2D eigenvalue weighted by Crippen LogP contribution is -2.50. The minimum atomic E-state index is 0.589. The molecule has 3 nitrogen and oxygen atoms in total. The molecule has 122 valence electrons. The van der Waals surface area contributed by atoms with Crippen molar-refractivity contribution < 1.29 is 0 Å². The Morgan fingerprint density at radius 2 is 1.52 bits per heavy atom. The molecule has 2 fully saturated rings. The second kappa shape index (κ2) is 7.64. The van der Waals surface area contributed by atoms with E-state index in [-0.39, 0.29) is 0 Å². The van der Waals surface area contributed by atoms with Gasteiger partial charge in [0, 0.05) is 57.6 Å². The van der Waals surface area contributed by atoms with Gasteiger partial charge in [0.25, 0.3) is 0 Å². The molecule has 0 spiro atoms. The fraction of sp³-hybridized carbons (Fsp3) is 0.889. The summed E-state index contributed by atoms with van der Waals surface area (Å²) < 4.78 is 0. The summed E-state index contributed by atoms with van der Waals surface area (Å²) in [7, 11) is 0. The van der Waals surface area contributed by atoms with Crippen LogP contribution in [-0.4, -0.2) is 66.6 Å². The standard InChI is InChI=1S/C18H35N3/c1-15(2)17(5)21-8-6-18(7-9-21)14-19-10-12-20(13-11-19)16(3)4/h15-16,18H,5-14H2,1-4H3. The van der Waals surface area contributed by atoms with Gasteiger partial charge in [0.2, 0.25) is 0 Å². The molecule has 2 aliphatic heterocycles. The number of hydrogen-bond acceptors (Lipinski definition) is 3. The minimum absolute atomic E-state index is 0.589. The van der Waals surface area contributed by atoms with Crippen LogP contribution >= 0.6 is 0 Å². The highest BCUT2D eigenvalue weighted by Crippen LogP contribution is 2.24. The van der Waals surface area contributed by atoms with E-state index in [4.69, 9.17) is 0 Å². The van der Waals surface area contributed by atoms with Crippen molar-refractivity contribution in [2.75, 3.05) is 45.8 Å². The Morgan fingerprint density at radius 1 is 0.952 bits per heavy atom. The molecule has 0 N–H and O–H groups in total. The van der Waals surface area contributed by atoms with Crippen LogP contribution < -0.4 is 0 Å². The Morgan fingerprint density at radius 3 is 2.00 bits per heavy atom. The van der Waals surface area contributed by atoms with Gasteiger partial charge >= 0.3 is 0 Å². The van der Waals surface area contributed by atoms with Crippen molar-refractivity contribution in [3.63, 3.8) is 0 Å². The number of allylic oxidation sites excluding steroid dienone is 1. The van der Waals surface area contributed by atoms with Gasteiger partial charge in [-0.25, -0.2) is 0 Å². The molecule has 21 heavy (non-hydrogen) atoms. The maximum absolute atomic E-state index is 4.25. The summed E-state index contributed by atoms with van der Waals surface area (Å²) in [4.78, 5) is 7.81. The van der Waals surface area contributed by atoms with Crippen LogP contribution in [0.15, 0.2) is 12.3 Å². The van der Waals surface area contributed by atoms with Gasteiger partial charge in [-0.15, -0.1) is 0 Å². The predicted molar refractivity (Wildman–Crippen MR) is 91.4 cm³/mol. The molecule has 2 rings (SSSR count). The van der Waals surface area contributed by atoms with Crippen molar-refractivity contribution in [2.45, 2.75) is 46.6 Å². The van der Waals surface area contributed by atoms with Crippen LogP contribution in [-0.2, 0) is 0 Å². The van der Waals surface area contributed by atoms with Gasteiger partial charge in [-0.3, -0.25) is 4.90 Å². The van der Waals surface area contributed by atoms with Crippen molar-refractivity contribution in [3.05, 3.63) is 12.3 Å². The summed E-state index contributed by atoms with van der Waals surface area (Å²) in [6.45, 7) is 22.2. The molecule has 0 atom stereocenters. The zero-order valence-electron chi connectivity index (χ0n) is 14.6. The molecule has 0 aliphatic carbocycles. The number of rotatable bonds is 5. The first-order valence-electron chi connectivity index (χ1n) is 8.87. The molecule has 3 heteroatoms. The quantitative estimate of drug-likeness (QED) is 0.772. The van der Waals surface area contributed by atoms with Crippen LogP contribution in [0.3, 0.4) is 0 Å². The van der Waals surface area contributed by atoms with Crippen LogP contribution in [0.25, 0.3) is 0 Å². The van der Waals surface area contributed by atoms with Crippen molar-refractivity contribution in [1.29, 1.82) is 0 Å². The lowest BCUT2D eigenvalue weighted by molar-refractivity contribution is 0.0841. The highest BCUT2D eigenvalue weighted by molar-refractivity contribution is 4.98. The molecule has 0 aromatic rings. The molecule has 0 bridgehead atoms. The van der Waals surface area contributed by atoms with E-state index in [0.29, 0.717) is 12.0 Å². The average Bonchev–Trinajstić information content (AvgIpc) is 2.47. The van der Waals surface area contributed by atoms with E-state index in [1.165, 1.54) is 64.4 Å². The highest BCUT2D eigenvalue weighted by Gasteiger charge is 2.25. The third-order valence-electron chi connectivity index (χ3n) is 5.34. The molecule has 2 aliphatic rings. The maximum atomic E-state index is 4.25. The molecule has 0 aromatic heterocycles. The van der Waals surface area contributed by atoms with E-state index >= 15 is 0 Å². The van der Waals surface area contributed by atoms with Crippen molar-refractivity contribution in [1.82, 2.24) is 14.7 Å². The first kappa shape index (κ1) is 16.8. The van der Waals surface area contributed by atoms with Gasteiger partial charge in [0.15, 0.2) is 0 Å². The van der Waals surface area contributed by atoms with E-state index in [9.17, 15) is 0 Å². The maximum Gasteiger partial charge on any atom is 0.0178 e. The fourth-order valence-corrected chi connectivity index (χ4v) is 3.60. The van der Waals surface area contributed by atoms with Crippen LogP contribution in [0.4, 0.5) is 0 Å². The molecule has 0 aromatic carbocycles. The summed E-state index contributed by atoms with van der Waals surface area (Å²) in [5, 5.41) is 0. The summed E-state index contributed by atoms with van der Waals surface area (Å²) >= 11 is 0. The van der Waals surface area contributed by atoms with E-state index in [1.807, 2.05) is 0 Å². The first-order chi connectivity index (χ1) is 9.97. The van der Waals surface area contributed by atoms with E-state index in [1.54, 1.807) is 0 Å². The van der Waals surface area contributed by atoms with Crippen LogP contribution in [0, 0.1) is 11.8 Å². The molecule has 2 heterocycles. The lowest BCUT2D eigenvalue weighted by atomic mass is 9.94. The average molecular weight is 293 g/mol. The summed E-state index contributed by atoms with van der Waals surface area (Å²) in [6, 6.07) is 0.706. The molecule has 0 unspecified atom stereocenters. The van der Waals surface area contributed by atoms with Crippen molar-refractivity contribution in [3.8, 4) is 0 Å². The van der Waals surface area contributed by atoms with E-state index < -0.39 is 0 Å². The van der Waals surface area contributed by atoms with Gasteiger partial charge in [-0.05, 0) is 38.5 Å². The minimum Gasteiger partial charge on any atom is -0.375 e. The number of piperidine rings is 1. The molecular weight excluding hydrogens is 258 g/mol. The number of hydrogen-bond donors (Lipinski definition) is 0. The molecule has 0 saturated carbocycles. The molecule has 0 amide bonds. The van der Waals surface area contributed by atoms with E-state index in [0.717, 1.165) is 5.92 Å². The third-order valence-corrected chi connectivity index (χ3v) is 5.34. The van der Waals surface area contributed by atoms with Gasteiger partial charge in [0.05, 0.1) is 0 Å². The first-order valence-corrected chi connectivity index (χ1v) is 8.87. The topological polar surface area (TPSA) is 9.72 Å². The van der Waals surface area contributed by atoms with Gasteiger partial charge < -0.3 is 9.80 Å². The predicted octanol–water partition coefficient (Wildman–Crippen LogP) is 2.89. The van der Waals surface area contributed by atoms with Crippen LogP contribution in [0.5, 0.6) is 0 Å². The Kier molecular flexibility index (Phi) is 6.12. The summed E-state index contributed by atoms with van der Waals surface area (Å²) in [5.41, 5.74) is 1.33. The molecule has 2 saturated heterocycles. The Balaban J connectivity index is 1.69. The van der Waals surface area contributed by atoms with Crippen LogP contribution in [0.2, 0.25) is 0 Å². The van der Waals surface area contributed by atoms with Crippen LogP contribution in [0.1, 0.15) is 40.5 Å². The Hall–Kier alpha value is -0.540. The van der Waals surface area contributed by atoms with Gasteiger partial charge in [-0.2, -0.15) is 0 Å². The Labute approximate surface area is 132 Å². The lowest BCUT2D eigenvalue weighted by Gasteiger charge is -2.41. The summed E-state index contributed by atoms with van der Waals surface area (Å²) in [5.74, 6) is 1.48. The second-order valence-electron chi connectivity index (χ2n) is 7.51.